The lowest BCUT2D eigenvalue weighted by Gasteiger charge is -1.93. The number of aromatic nitrogens is 3. The summed E-state index contributed by atoms with van der Waals surface area (Å²) in [7, 11) is 0. The minimum atomic E-state index is -1.02. The molecular formula is C7H9N3O2. The molecule has 1 heterocycles. The molecule has 0 bridgehead atoms. The first-order chi connectivity index (χ1) is 5.75. The first-order valence-corrected chi connectivity index (χ1v) is 3.89. The van der Waals surface area contributed by atoms with Gasteiger partial charge in [0.1, 0.15) is 0 Å². The molecule has 1 saturated carbocycles. The van der Waals surface area contributed by atoms with Gasteiger partial charge in [-0.2, -0.15) is 0 Å². The van der Waals surface area contributed by atoms with Gasteiger partial charge in [-0.15, -0.1) is 5.10 Å². The molecule has 0 aliphatic heterocycles. The summed E-state index contributed by atoms with van der Waals surface area (Å²) in [6.07, 6.45) is 3.92. The number of hydrogen-bond acceptors (Lipinski definition) is 3. The maximum atomic E-state index is 10.4. The Kier molecular flexibility index (Phi) is 1.56. The van der Waals surface area contributed by atoms with E-state index in [4.69, 9.17) is 5.11 Å². The summed E-state index contributed by atoms with van der Waals surface area (Å²) in [5, 5.41) is 15.7. The number of nitrogens with zero attached hydrogens (tertiary/aromatic N) is 3. The van der Waals surface area contributed by atoms with Crippen molar-refractivity contribution in [2.45, 2.75) is 19.4 Å². The smallest absolute Gasteiger partial charge is 0.358 e. The number of hydrogen-bond donors (Lipinski definition) is 1. The van der Waals surface area contributed by atoms with Gasteiger partial charge in [-0.3, -0.25) is 4.68 Å². The van der Waals surface area contributed by atoms with E-state index in [1.165, 1.54) is 19.0 Å². The first-order valence-electron chi connectivity index (χ1n) is 3.89. The Labute approximate surface area is 69.0 Å². The van der Waals surface area contributed by atoms with E-state index in [1.807, 2.05) is 0 Å². The van der Waals surface area contributed by atoms with Crippen molar-refractivity contribution >= 4 is 5.97 Å². The monoisotopic (exact) mass is 167 g/mol. The minimum absolute atomic E-state index is 0.0238. The maximum absolute atomic E-state index is 10.4. The summed E-state index contributed by atoms with van der Waals surface area (Å²) in [5.74, 6) is -0.328. The molecule has 5 heteroatoms. The molecule has 5 nitrogen and oxygen atoms in total. The summed E-state index contributed by atoms with van der Waals surface area (Å²) in [6, 6.07) is 0. The molecule has 0 atom stereocenters. The van der Waals surface area contributed by atoms with Crippen molar-refractivity contribution in [3.05, 3.63) is 11.9 Å². The highest BCUT2D eigenvalue weighted by molar-refractivity contribution is 5.84. The summed E-state index contributed by atoms with van der Waals surface area (Å²) in [6.45, 7) is 0.806. The number of rotatable bonds is 3. The van der Waals surface area contributed by atoms with Crippen LogP contribution < -0.4 is 0 Å². The van der Waals surface area contributed by atoms with E-state index in [9.17, 15) is 4.79 Å². The van der Waals surface area contributed by atoms with Crippen molar-refractivity contribution in [3.8, 4) is 0 Å². The number of aromatic carboxylic acids is 1. The minimum Gasteiger partial charge on any atom is -0.476 e. The van der Waals surface area contributed by atoms with E-state index in [1.54, 1.807) is 4.68 Å². The SMILES string of the molecule is O=C(O)c1cn(CC2CC2)nn1. The molecule has 1 aliphatic rings. The highest BCUT2D eigenvalue weighted by Gasteiger charge is 2.22. The molecule has 1 N–H and O–H groups in total. The summed E-state index contributed by atoms with van der Waals surface area (Å²) in [5.41, 5.74) is 0.0238. The van der Waals surface area contributed by atoms with Crippen molar-refractivity contribution in [2.75, 3.05) is 0 Å². The van der Waals surface area contributed by atoms with Crippen molar-refractivity contribution < 1.29 is 9.90 Å². The molecule has 1 aromatic heterocycles. The Morgan fingerprint density at radius 2 is 2.50 bits per heavy atom. The molecule has 2 rings (SSSR count). The van der Waals surface area contributed by atoms with E-state index in [-0.39, 0.29) is 5.69 Å². The average Bonchev–Trinajstić information content (AvgIpc) is 2.66. The lowest BCUT2D eigenvalue weighted by Crippen LogP contribution is -2.00. The zero-order chi connectivity index (χ0) is 8.55. The molecule has 1 fully saturated rings. The third-order valence-corrected chi connectivity index (χ3v) is 1.90. The van der Waals surface area contributed by atoms with Crippen LogP contribution in [0.1, 0.15) is 23.3 Å². The largest absolute Gasteiger partial charge is 0.476 e. The third kappa shape index (κ3) is 1.44. The van der Waals surface area contributed by atoms with E-state index in [0.29, 0.717) is 5.92 Å². The van der Waals surface area contributed by atoms with E-state index in [0.717, 1.165) is 6.54 Å². The van der Waals surface area contributed by atoms with Gasteiger partial charge >= 0.3 is 5.97 Å². The summed E-state index contributed by atoms with van der Waals surface area (Å²) in [4.78, 5) is 10.4. The van der Waals surface area contributed by atoms with Crippen LogP contribution in [0.5, 0.6) is 0 Å². The van der Waals surface area contributed by atoms with Crippen LogP contribution in [-0.4, -0.2) is 26.1 Å². The Morgan fingerprint density at radius 3 is 3.00 bits per heavy atom. The van der Waals surface area contributed by atoms with E-state index < -0.39 is 5.97 Å². The molecule has 1 aromatic rings. The Bertz CT molecular complexity index is 303. The summed E-state index contributed by atoms with van der Waals surface area (Å²) >= 11 is 0. The van der Waals surface area contributed by atoms with Crippen LogP contribution in [-0.2, 0) is 6.54 Å². The highest BCUT2D eigenvalue weighted by atomic mass is 16.4. The Hall–Kier alpha value is -1.39. The molecule has 12 heavy (non-hydrogen) atoms. The first kappa shape index (κ1) is 7.27. The van der Waals surface area contributed by atoms with Gasteiger partial charge in [0, 0.05) is 6.54 Å². The van der Waals surface area contributed by atoms with Gasteiger partial charge in [0.15, 0.2) is 5.69 Å². The number of carboxylic acids is 1. The van der Waals surface area contributed by atoms with E-state index >= 15 is 0 Å². The number of carbonyl (C=O) groups is 1. The lowest BCUT2D eigenvalue weighted by molar-refractivity contribution is 0.0690. The normalized spacial score (nSPS) is 16.3. The van der Waals surface area contributed by atoms with Crippen LogP contribution in [0.15, 0.2) is 6.20 Å². The van der Waals surface area contributed by atoms with Crippen LogP contribution in [0.2, 0.25) is 0 Å². The van der Waals surface area contributed by atoms with Crippen LogP contribution in [0.25, 0.3) is 0 Å². The van der Waals surface area contributed by atoms with Gasteiger partial charge in [0.25, 0.3) is 0 Å². The molecule has 1 aliphatic carbocycles. The lowest BCUT2D eigenvalue weighted by atomic mass is 10.4. The molecule has 0 spiro atoms. The van der Waals surface area contributed by atoms with Gasteiger partial charge in [0.05, 0.1) is 6.20 Å². The van der Waals surface area contributed by atoms with Crippen LogP contribution in [0.3, 0.4) is 0 Å². The molecule has 0 unspecified atom stereocenters. The molecule has 0 aromatic carbocycles. The van der Waals surface area contributed by atoms with Gasteiger partial charge in [-0.1, -0.05) is 5.21 Å². The Morgan fingerprint density at radius 1 is 1.75 bits per heavy atom. The third-order valence-electron chi connectivity index (χ3n) is 1.90. The standard InChI is InChI=1S/C7H9N3O2/c11-7(12)6-4-10(9-8-6)3-5-1-2-5/h4-5H,1-3H2,(H,11,12). The van der Waals surface area contributed by atoms with Crippen LogP contribution in [0, 0.1) is 5.92 Å². The van der Waals surface area contributed by atoms with Gasteiger partial charge in [-0.05, 0) is 18.8 Å². The zero-order valence-corrected chi connectivity index (χ0v) is 6.47. The second kappa shape index (κ2) is 2.58. The van der Waals surface area contributed by atoms with Crippen molar-refractivity contribution in [2.24, 2.45) is 5.92 Å². The zero-order valence-electron chi connectivity index (χ0n) is 6.47. The summed E-state index contributed by atoms with van der Waals surface area (Å²) < 4.78 is 1.60. The fourth-order valence-electron chi connectivity index (χ4n) is 1.05. The van der Waals surface area contributed by atoms with Gasteiger partial charge in [0.2, 0.25) is 0 Å². The second-order valence-corrected chi connectivity index (χ2v) is 3.07. The molecule has 64 valence electrons. The van der Waals surface area contributed by atoms with Crippen molar-refractivity contribution in [3.63, 3.8) is 0 Å². The highest BCUT2D eigenvalue weighted by Crippen LogP contribution is 2.30. The van der Waals surface area contributed by atoms with Crippen LogP contribution in [0.4, 0.5) is 0 Å². The van der Waals surface area contributed by atoms with Crippen LogP contribution >= 0.6 is 0 Å². The van der Waals surface area contributed by atoms with Crippen molar-refractivity contribution in [1.82, 2.24) is 15.0 Å². The maximum Gasteiger partial charge on any atom is 0.358 e. The second-order valence-electron chi connectivity index (χ2n) is 3.07. The predicted molar refractivity (Wildman–Crippen MR) is 39.7 cm³/mol. The fraction of sp³-hybridized carbons (Fsp3) is 0.571. The average molecular weight is 167 g/mol. The van der Waals surface area contributed by atoms with Gasteiger partial charge in [-0.25, -0.2) is 4.79 Å². The van der Waals surface area contributed by atoms with E-state index in [2.05, 4.69) is 10.3 Å². The molecule has 0 radical (unpaired) electrons. The van der Waals surface area contributed by atoms with Gasteiger partial charge < -0.3 is 5.11 Å². The molecular weight excluding hydrogens is 158 g/mol. The fourth-order valence-corrected chi connectivity index (χ4v) is 1.05. The van der Waals surface area contributed by atoms with Crippen molar-refractivity contribution in [1.29, 1.82) is 0 Å². The molecule has 0 amide bonds. The topological polar surface area (TPSA) is 68.0 Å². The number of carboxylic acid groups (broad SMARTS) is 1. The molecule has 0 saturated heterocycles. The predicted octanol–water partition coefficient (Wildman–Crippen LogP) is 0.386. The quantitative estimate of drug-likeness (QED) is 0.706. The Balaban J connectivity index is 2.06.